The van der Waals surface area contributed by atoms with E-state index in [1.165, 1.54) is 0 Å². The first kappa shape index (κ1) is 13.5. The number of hydrogen-bond donors (Lipinski definition) is 1. The zero-order valence-corrected chi connectivity index (χ0v) is 10.4. The van der Waals surface area contributed by atoms with Gasteiger partial charge in [-0.25, -0.2) is 0 Å². The van der Waals surface area contributed by atoms with Crippen molar-refractivity contribution in [3.63, 3.8) is 0 Å². The molecule has 0 heterocycles. The van der Waals surface area contributed by atoms with Gasteiger partial charge in [-0.15, -0.1) is 0 Å². The molecule has 0 fully saturated rings. The monoisotopic (exact) mass is 199 g/mol. The Morgan fingerprint density at radius 1 is 1.00 bits per heavy atom. The molecular formula is C12H25NO. The van der Waals surface area contributed by atoms with Crippen molar-refractivity contribution in [2.45, 2.75) is 54.0 Å². The summed E-state index contributed by atoms with van der Waals surface area (Å²) in [6.07, 6.45) is 0.635. The Morgan fingerprint density at radius 3 is 1.71 bits per heavy atom. The predicted octanol–water partition coefficient (Wildman–Crippen LogP) is 2.83. The minimum atomic E-state index is 0.187. The van der Waals surface area contributed by atoms with Gasteiger partial charge in [0, 0.05) is 12.5 Å². The van der Waals surface area contributed by atoms with Crippen LogP contribution in [0.5, 0.6) is 0 Å². The summed E-state index contributed by atoms with van der Waals surface area (Å²) in [7, 11) is 0. The van der Waals surface area contributed by atoms with Crippen LogP contribution < -0.4 is 5.32 Å². The second kappa shape index (κ2) is 6.05. The summed E-state index contributed by atoms with van der Waals surface area (Å²) in [6, 6.07) is 0.307. The maximum atomic E-state index is 11.6. The number of nitrogens with one attached hydrogen (secondary N) is 1. The Kier molecular flexibility index (Phi) is 5.82. The smallest absolute Gasteiger partial charge is 0.220 e. The average Bonchev–Trinajstić information content (AvgIpc) is 1.97. The molecule has 1 N–H and O–H groups in total. The van der Waals surface area contributed by atoms with Crippen LogP contribution in [0, 0.1) is 17.8 Å². The number of amides is 1. The van der Waals surface area contributed by atoms with Crippen LogP contribution in [-0.4, -0.2) is 11.9 Å². The summed E-state index contributed by atoms with van der Waals surface area (Å²) in [4.78, 5) is 11.6. The van der Waals surface area contributed by atoms with Crippen molar-refractivity contribution in [3.8, 4) is 0 Å². The van der Waals surface area contributed by atoms with Crippen LogP contribution in [0.4, 0.5) is 0 Å². The number of carbonyl (C=O) groups is 1. The van der Waals surface area contributed by atoms with E-state index in [0.717, 1.165) is 0 Å². The van der Waals surface area contributed by atoms with Crippen molar-refractivity contribution < 1.29 is 4.79 Å². The van der Waals surface area contributed by atoms with Gasteiger partial charge in [-0.05, 0) is 17.8 Å². The molecule has 0 bridgehead atoms. The fourth-order valence-corrected chi connectivity index (χ4v) is 1.72. The molecule has 0 aliphatic rings. The third-order valence-electron chi connectivity index (χ3n) is 2.36. The lowest BCUT2D eigenvalue weighted by Gasteiger charge is -2.26. The van der Waals surface area contributed by atoms with E-state index in [9.17, 15) is 4.79 Å². The number of carbonyl (C=O) groups excluding carboxylic acids is 1. The largest absolute Gasteiger partial charge is 0.353 e. The lowest BCUT2D eigenvalue weighted by molar-refractivity contribution is -0.123. The van der Waals surface area contributed by atoms with Gasteiger partial charge in [-0.3, -0.25) is 4.79 Å². The van der Waals surface area contributed by atoms with Crippen molar-refractivity contribution in [1.29, 1.82) is 0 Å². The van der Waals surface area contributed by atoms with E-state index in [1.54, 1.807) is 0 Å². The van der Waals surface area contributed by atoms with Gasteiger partial charge in [0.15, 0.2) is 0 Å². The zero-order chi connectivity index (χ0) is 11.3. The highest BCUT2D eigenvalue weighted by Crippen LogP contribution is 2.12. The molecule has 0 saturated carbocycles. The van der Waals surface area contributed by atoms with Crippen LogP contribution in [0.3, 0.4) is 0 Å². The Morgan fingerprint density at radius 2 is 1.43 bits per heavy atom. The Labute approximate surface area is 88.5 Å². The molecule has 84 valence electrons. The highest BCUT2D eigenvalue weighted by atomic mass is 16.1. The lowest BCUT2D eigenvalue weighted by atomic mass is 9.93. The highest BCUT2D eigenvalue weighted by Gasteiger charge is 2.19. The number of hydrogen-bond acceptors (Lipinski definition) is 1. The van der Waals surface area contributed by atoms with E-state index in [2.05, 4.69) is 46.9 Å². The quantitative estimate of drug-likeness (QED) is 0.725. The molecule has 1 amide bonds. The van der Waals surface area contributed by atoms with Crippen molar-refractivity contribution in [2.24, 2.45) is 17.8 Å². The molecule has 0 aromatic heterocycles. The topological polar surface area (TPSA) is 29.1 Å². The summed E-state index contributed by atoms with van der Waals surface area (Å²) in [6.45, 7) is 12.7. The fourth-order valence-electron chi connectivity index (χ4n) is 1.72. The molecule has 0 radical (unpaired) electrons. The van der Waals surface area contributed by atoms with Crippen molar-refractivity contribution >= 4 is 5.91 Å². The van der Waals surface area contributed by atoms with Crippen molar-refractivity contribution in [2.75, 3.05) is 0 Å². The molecule has 0 aromatic carbocycles. The normalized spacial score (nSPS) is 11.9. The summed E-state index contributed by atoms with van der Waals surface area (Å²) >= 11 is 0. The summed E-state index contributed by atoms with van der Waals surface area (Å²) < 4.78 is 0. The molecule has 0 spiro atoms. The molecule has 0 unspecified atom stereocenters. The molecule has 0 aromatic rings. The first-order valence-electron chi connectivity index (χ1n) is 5.64. The van der Waals surface area contributed by atoms with E-state index in [0.29, 0.717) is 30.2 Å². The molecular weight excluding hydrogens is 174 g/mol. The van der Waals surface area contributed by atoms with Gasteiger partial charge >= 0.3 is 0 Å². The minimum Gasteiger partial charge on any atom is -0.353 e. The highest BCUT2D eigenvalue weighted by molar-refractivity contribution is 5.76. The Balaban J connectivity index is 4.10. The maximum Gasteiger partial charge on any atom is 0.220 e. The summed E-state index contributed by atoms with van der Waals surface area (Å²) in [5.74, 6) is 1.64. The first-order chi connectivity index (χ1) is 6.34. The SMILES string of the molecule is CC(C)CC(=O)NC(C(C)C)C(C)C. The maximum absolute atomic E-state index is 11.6. The molecule has 0 rings (SSSR count). The van der Waals surface area contributed by atoms with Gasteiger partial charge < -0.3 is 5.32 Å². The second-order valence-electron chi connectivity index (χ2n) is 5.18. The van der Waals surface area contributed by atoms with Gasteiger partial charge in [-0.1, -0.05) is 41.5 Å². The third kappa shape index (κ3) is 5.25. The molecule has 0 aliphatic carbocycles. The van der Waals surface area contributed by atoms with Crippen LogP contribution in [0.2, 0.25) is 0 Å². The Bertz CT molecular complexity index is 165. The van der Waals surface area contributed by atoms with E-state index < -0.39 is 0 Å². The second-order valence-corrected chi connectivity index (χ2v) is 5.18. The van der Waals surface area contributed by atoms with Gasteiger partial charge in [0.2, 0.25) is 5.91 Å². The van der Waals surface area contributed by atoms with Crippen LogP contribution in [0.25, 0.3) is 0 Å². The van der Waals surface area contributed by atoms with Crippen LogP contribution in [0.1, 0.15) is 48.0 Å². The average molecular weight is 199 g/mol. The third-order valence-corrected chi connectivity index (χ3v) is 2.36. The molecule has 2 heteroatoms. The van der Waals surface area contributed by atoms with E-state index in [4.69, 9.17) is 0 Å². The minimum absolute atomic E-state index is 0.187. The number of rotatable bonds is 5. The predicted molar refractivity (Wildman–Crippen MR) is 61.1 cm³/mol. The van der Waals surface area contributed by atoms with Gasteiger partial charge in [0.05, 0.1) is 0 Å². The van der Waals surface area contributed by atoms with Gasteiger partial charge in [-0.2, -0.15) is 0 Å². The molecule has 2 nitrogen and oxygen atoms in total. The molecule has 0 saturated heterocycles. The van der Waals surface area contributed by atoms with Crippen LogP contribution in [-0.2, 0) is 4.79 Å². The van der Waals surface area contributed by atoms with E-state index in [1.807, 2.05) is 0 Å². The Hall–Kier alpha value is -0.530. The first-order valence-corrected chi connectivity index (χ1v) is 5.64. The molecule has 0 aliphatic heterocycles. The van der Waals surface area contributed by atoms with Gasteiger partial charge in [0.1, 0.15) is 0 Å². The van der Waals surface area contributed by atoms with E-state index >= 15 is 0 Å². The standard InChI is InChI=1S/C12H25NO/c1-8(2)7-11(14)13-12(9(3)4)10(5)6/h8-10,12H,7H2,1-6H3,(H,13,14). The van der Waals surface area contributed by atoms with Crippen LogP contribution >= 0.6 is 0 Å². The van der Waals surface area contributed by atoms with Crippen molar-refractivity contribution in [3.05, 3.63) is 0 Å². The summed E-state index contributed by atoms with van der Waals surface area (Å²) in [5, 5.41) is 3.11. The zero-order valence-electron chi connectivity index (χ0n) is 10.4. The molecule has 14 heavy (non-hydrogen) atoms. The molecule has 0 atom stereocenters. The van der Waals surface area contributed by atoms with Crippen LogP contribution in [0.15, 0.2) is 0 Å². The van der Waals surface area contributed by atoms with Gasteiger partial charge in [0.25, 0.3) is 0 Å². The fraction of sp³-hybridized carbons (Fsp3) is 0.917. The van der Waals surface area contributed by atoms with E-state index in [-0.39, 0.29) is 5.91 Å². The van der Waals surface area contributed by atoms with Crippen molar-refractivity contribution in [1.82, 2.24) is 5.32 Å². The lowest BCUT2D eigenvalue weighted by Crippen LogP contribution is -2.42. The summed E-state index contributed by atoms with van der Waals surface area (Å²) in [5.41, 5.74) is 0.